The van der Waals surface area contributed by atoms with Crippen molar-refractivity contribution in [2.75, 3.05) is 6.54 Å². The van der Waals surface area contributed by atoms with E-state index in [4.69, 9.17) is 23.2 Å². The first kappa shape index (κ1) is 17.4. The summed E-state index contributed by atoms with van der Waals surface area (Å²) in [4.78, 5) is 11.8. The van der Waals surface area contributed by atoms with Gasteiger partial charge in [0.25, 0.3) is 5.91 Å². The lowest BCUT2D eigenvalue weighted by molar-refractivity contribution is 0.0953. The standard InChI is InChI=1S/C19H17Cl2NO/c1-3-10-22-19(23)15-7-4-14(5-8-15)6-9-17-13(2)11-16(20)12-18(17)21/h4-5,7-8,11-12H,3,10H2,1-2H3,(H,22,23). The molecule has 0 radical (unpaired) electrons. The molecule has 0 fully saturated rings. The number of aryl methyl sites for hydroxylation is 1. The van der Waals surface area contributed by atoms with Gasteiger partial charge < -0.3 is 5.32 Å². The molecule has 1 amide bonds. The first-order chi connectivity index (χ1) is 11.0. The van der Waals surface area contributed by atoms with Crippen molar-refractivity contribution < 1.29 is 4.79 Å². The van der Waals surface area contributed by atoms with Crippen molar-refractivity contribution in [3.05, 3.63) is 68.7 Å². The SMILES string of the molecule is CCCNC(=O)c1ccc(C#Cc2c(C)cc(Cl)cc2Cl)cc1. The Morgan fingerprint density at radius 3 is 2.43 bits per heavy atom. The van der Waals surface area contributed by atoms with Crippen LogP contribution in [-0.4, -0.2) is 12.5 Å². The molecule has 1 N–H and O–H groups in total. The summed E-state index contributed by atoms with van der Waals surface area (Å²) in [6, 6.07) is 10.7. The normalized spacial score (nSPS) is 9.91. The summed E-state index contributed by atoms with van der Waals surface area (Å²) in [5.41, 5.74) is 3.15. The van der Waals surface area contributed by atoms with Gasteiger partial charge in [0.05, 0.1) is 5.02 Å². The highest BCUT2D eigenvalue weighted by atomic mass is 35.5. The Morgan fingerprint density at radius 2 is 1.83 bits per heavy atom. The smallest absolute Gasteiger partial charge is 0.251 e. The molecule has 2 aromatic carbocycles. The molecule has 0 spiro atoms. The molecule has 0 saturated carbocycles. The van der Waals surface area contributed by atoms with Crippen molar-refractivity contribution >= 4 is 29.1 Å². The van der Waals surface area contributed by atoms with Crippen LogP contribution in [0.25, 0.3) is 0 Å². The minimum Gasteiger partial charge on any atom is -0.352 e. The van der Waals surface area contributed by atoms with Crippen LogP contribution in [0.15, 0.2) is 36.4 Å². The molecule has 23 heavy (non-hydrogen) atoms. The molecule has 0 unspecified atom stereocenters. The Kier molecular flexibility index (Phi) is 6.10. The van der Waals surface area contributed by atoms with Gasteiger partial charge in [0.2, 0.25) is 0 Å². The van der Waals surface area contributed by atoms with E-state index in [0.717, 1.165) is 23.1 Å². The van der Waals surface area contributed by atoms with Crippen molar-refractivity contribution in [1.82, 2.24) is 5.32 Å². The fraction of sp³-hybridized carbons (Fsp3) is 0.211. The maximum Gasteiger partial charge on any atom is 0.251 e. The largest absolute Gasteiger partial charge is 0.352 e. The second-order valence-corrected chi connectivity index (χ2v) is 6.01. The number of halogens is 2. The number of amides is 1. The van der Waals surface area contributed by atoms with Gasteiger partial charge in [-0.3, -0.25) is 4.79 Å². The molecule has 0 saturated heterocycles. The van der Waals surface area contributed by atoms with Gasteiger partial charge in [-0.25, -0.2) is 0 Å². The highest BCUT2D eigenvalue weighted by molar-refractivity contribution is 6.35. The summed E-state index contributed by atoms with van der Waals surface area (Å²) in [5, 5.41) is 3.98. The maximum absolute atomic E-state index is 11.8. The van der Waals surface area contributed by atoms with Crippen LogP contribution in [0.4, 0.5) is 0 Å². The van der Waals surface area contributed by atoms with Crippen LogP contribution >= 0.6 is 23.2 Å². The summed E-state index contributed by atoms with van der Waals surface area (Å²) in [6.07, 6.45) is 0.913. The predicted molar refractivity (Wildman–Crippen MR) is 96.2 cm³/mol. The van der Waals surface area contributed by atoms with Crippen LogP contribution in [0, 0.1) is 18.8 Å². The maximum atomic E-state index is 11.8. The van der Waals surface area contributed by atoms with E-state index < -0.39 is 0 Å². The Balaban J connectivity index is 2.18. The average Bonchev–Trinajstić information content (AvgIpc) is 2.52. The molecule has 4 heteroatoms. The lowest BCUT2D eigenvalue weighted by Crippen LogP contribution is -2.23. The summed E-state index contributed by atoms with van der Waals surface area (Å²) in [6.45, 7) is 4.61. The van der Waals surface area contributed by atoms with Crippen LogP contribution in [0.3, 0.4) is 0 Å². The molecule has 0 heterocycles. The van der Waals surface area contributed by atoms with Crippen molar-refractivity contribution in [3.8, 4) is 11.8 Å². The first-order valence-electron chi connectivity index (χ1n) is 7.37. The third-order valence-corrected chi connectivity index (χ3v) is 3.78. The Hall–Kier alpha value is -1.95. The lowest BCUT2D eigenvalue weighted by Gasteiger charge is -2.03. The average molecular weight is 346 g/mol. The molecule has 0 aliphatic heterocycles. The Morgan fingerprint density at radius 1 is 1.13 bits per heavy atom. The summed E-state index contributed by atoms with van der Waals surface area (Å²) >= 11 is 12.1. The highest BCUT2D eigenvalue weighted by Gasteiger charge is 2.04. The fourth-order valence-corrected chi connectivity index (χ4v) is 2.68. The van der Waals surface area contributed by atoms with E-state index >= 15 is 0 Å². The van der Waals surface area contributed by atoms with Crippen LogP contribution in [-0.2, 0) is 0 Å². The predicted octanol–water partition coefficient (Wildman–Crippen LogP) is 4.84. The van der Waals surface area contributed by atoms with Crippen LogP contribution in [0.5, 0.6) is 0 Å². The van der Waals surface area contributed by atoms with Gasteiger partial charge in [-0.05, 0) is 55.3 Å². The zero-order chi connectivity index (χ0) is 16.8. The molecule has 0 aliphatic carbocycles. The molecular weight excluding hydrogens is 329 g/mol. The van der Waals surface area contributed by atoms with E-state index in [9.17, 15) is 4.79 Å². The van der Waals surface area contributed by atoms with Crippen molar-refractivity contribution in [1.29, 1.82) is 0 Å². The molecule has 2 nitrogen and oxygen atoms in total. The first-order valence-corrected chi connectivity index (χ1v) is 8.12. The van der Waals surface area contributed by atoms with Crippen molar-refractivity contribution in [2.24, 2.45) is 0 Å². The molecule has 2 rings (SSSR count). The zero-order valence-electron chi connectivity index (χ0n) is 13.0. The number of hydrogen-bond acceptors (Lipinski definition) is 1. The topological polar surface area (TPSA) is 29.1 Å². The number of nitrogens with one attached hydrogen (secondary N) is 1. The van der Waals surface area contributed by atoms with Crippen molar-refractivity contribution in [3.63, 3.8) is 0 Å². The minimum atomic E-state index is -0.0667. The lowest BCUT2D eigenvalue weighted by atomic mass is 10.1. The van der Waals surface area contributed by atoms with Gasteiger partial charge in [-0.15, -0.1) is 0 Å². The van der Waals surface area contributed by atoms with E-state index in [2.05, 4.69) is 17.2 Å². The van der Waals surface area contributed by atoms with Crippen molar-refractivity contribution in [2.45, 2.75) is 20.3 Å². The molecule has 2 aromatic rings. The monoisotopic (exact) mass is 345 g/mol. The molecular formula is C19H17Cl2NO. The second kappa shape index (κ2) is 8.06. The fourth-order valence-electron chi connectivity index (χ4n) is 2.04. The van der Waals surface area contributed by atoms with E-state index in [0.29, 0.717) is 22.2 Å². The van der Waals surface area contributed by atoms with Gasteiger partial charge in [0.15, 0.2) is 0 Å². The molecule has 0 atom stereocenters. The Labute approximate surface area is 146 Å². The van der Waals surface area contributed by atoms with E-state index in [1.807, 2.05) is 32.0 Å². The van der Waals surface area contributed by atoms with Crippen LogP contribution < -0.4 is 5.32 Å². The molecule has 118 valence electrons. The highest BCUT2D eigenvalue weighted by Crippen LogP contribution is 2.24. The number of benzene rings is 2. The summed E-state index contributed by atoms with van der Waals surface area (Å²) in [7, 11) is 0. The van der Waals surface area contributed by atoms with Crippen LogP contribution in [0.1, 0.15) is 40.4 Å². The molecule has 0 aliphatic rings. The van der Waals surface area contributed by atoms with Gasteiger partial charge in [-0.2, -0.15) is 0 Å². The summed E-state index contributed by atoms with van der Waals surface area (Å²) in [5.74, 6) is 6.06. The number of hydrogen-bond donors (Lipinski definition) is 1. The molecule has 0 aromatic heterocycles. The van der Waals surface area contributed by atoms with Gasteiger partial charge in [0, 0.05) is 28.3 Å². The third kappa shape index (κ3) is 4.76. The van der Waals surface area contributed by atoms with E-state index in [1.165, 1.54) is 0 Å². The van der Waals surface area contributed by atoms with Crippen LogP contribution in [0.2, 0.25) is 10.0 Å². The zero-order valence-corrected chi connectivity index (χ0v) is 14.6. The number of carbonyl (C=O) groups excluding carboxylic acids is 1. The summed E-state index contributed by atoms with van der Waals surface area (Å²) < 4.78 is 0. The molecule has 0 bridgehead atoms. The third-order valence-electron chi connectivity index (χ3n) is 3.27. The second-order valence-electron chi connectivity index (χ2n) is 5.16. The van der Waals surface area contributed by atoms with Gasteiger partial charge in [0.1, 0.15) is 0 Å². The van der Waals surface area contributed by atoms with Gasteiger partial charge in [-0.1, -0.05) is 42.0 Å². The number of rotatable bonds is 3. The van der Waals surface area contributed by atoms with E-state index in [-0.39, 0.29) is 5.91 Å². The van der Waals surface area contributed by atoms with Gasteiger partial charge >= 0.3 is 0 Å². The quantitative estimate of drug-likeness (QED) is 0.792. The van der Waals surface area contributed by atoms with E-state index in [1.54, 1.807) is 18.2 Å². The number of carbonyl (C=O) groups is 1. The minimum absolute atomic E-state index is 0.0667. The Bertz CT molecular complexity index is 747.